The summed E-state index contributed by atoms with van der Waals surface area (Å²) in [6, 6.07) is 13.5. The molecule has 0 fully saturated rings. The van der Waals surface area contributed by atoms with Gasteiger partial charge < -0.3 is 15.0 Å². The molecule has 0 heterocycles. The lowest BCUT2D eigenvalue weighted by Crippen LogP contribution is -2.28. The second-order valence-electron chi connectivity index (χ2n) is 5.96. The molecule has 0 spiro atoms. The predicted molar refractivity (Wildman–Crippen MR) is 112 cm³/mol. The van der Waals surface area contributed by atoms with Gasteiger partial charge in [-0.05, 0) is 37.4 Å². The summed E-state index contributed by atoms with van der Waals surface area (Å²) in [6.45, 7) is 7.54. The van der Waals surface area contributed by atoms with E-state index in [9.17, 15) is 14.9 Å². The molecule has 150 valence electrons. The van der Waals surface area contributed by atoms with E-state index in [0.29, 0.717) is 18.0 Å². The van der Waals surface area contributed by atoms with Crippen molar-refractivity contribution >= 4 is 29.0 Å². The number of anilines is 1. The molecule has 2 rings (SSSR count). The van der Waals surface area contributed by atoms with Gasteiger partial charge in [0.25, 0.3) is 5.69 Å². The van der Waals surface area contributed by atoms with Gasteiger partial charge in [0, 0.05) is 23.6 Å². The zero-order valence-electron chi connectivity index (χ0n) is 16.1. The Morgan fingerprint density at radius 2 is 1.82 bits per heavy atom. The number of nitro groups is 1. The van der Waals surface area contributed by atoms with E-state index in [2.05, 4.69) is 24.1 Å². The van der Waals surface area contributed by atoms with Gasteiger partial charge in [0.15, 0.2) is 0 Å². The molecule has 2 aromatic carbocycles. The fourth-order valence-electron chi connectivity index (χ4n) is 2.52. The molecule has 0 unspecified atom stereocenters. The first kappa shape index (κ1) is 21.7. The van der Waals surface area contributed by atoms with Crippen molar-refractivity contribution in [2.75, 3.05) is 37.3 Å². The van der Waals surface area contributed by atoms with E-state index in [4.69, 9.17) is 4.74 Å². The van der Waals surface area contributed by atoms with Gasteiger partial charge in [0.05, 0.1) is 16.4 Å². The van der Waals surface area contributed by atoms with E-state index < -0.39 is 4.92 Å². The Labute approximate surface area is 169 Å². The van der Waals surface area contributed by atoms with Crippen LogP contribution in [0, 0.1) is 10.1 Å². The summed E-state index contributed by atoms with van der Waals surface area (Å²) >= 11 is 1.32. The number of amides is 1. The summed E-state index contributed by atoms with van der Waals surface area (Å²) in [5.41, 5.74) is 0.668. The Morgan fingerprint density at radius 1 is 1.14 bits per heavy atom. The standard InChI is InChI=1S/C20H25N3O4S/c1-3-22(4-2)13-14-27-19-8-6-5-7-18(19)21-20(24)15-28-17-11-9-16(10-12-17)23(25)26/h5-12H,3-4,13-15H2,1-2H3,(H,21,24). The van der Waals surface area contributed by atoms with Crippen LogP contribution < -0.4 is 10.1 Å². The number of likely N-dealkylation sites (N-methyl/N-ethyl adjacent to an activating group) is 1. The number of hydrogen-bond donors (Lipinski definition) is 1. The predicted octanol–water partition coefficient (Wildman–Crippen LogP) is 4.05. The van der Waals surface area contributed by atoms with Crippen LogP contribution in [0.2, 0.25) is 0 Å². The van der Waals surface area contributed by atoms with Crippen molar-refractivity contribution in [3.63, 3.8) is 0 Å². The Kier molecular flexibility index (Phi) is 8.77. The van der Waals surface area contributed by atoms with Gasteiger partial charge in [0.1, 0.15) is 12.4 Å². The van der Waals surface area contributed by atoms with E-state index in [1.54, 1.807) is 18.2 Å². The molecule has 8 heteroatoms. The van der Waals surface area contributed by atoms with Gasteiger partial charge in [-0.3, -0.25) is 14.9 Å². The van der Waals surface area contributed by atoms with Gasteiger partial charge in [-0.15, -0.1) is 11.8 Å². The molecule has 0 aliphatic heterocycles. The number of carbonyl (C=O) groups excluding carboxylic acids is 1. The van der Waals surface area contributed by atoms with Crippen LogP contribution >= 0.6 is 11.8 Å². The molecular weight excluding hydrogens is 378 g/mol. The Morgan fingerprint density at radius 3 is 2.46 bits per heavy atom. The Bertz CT molecular complexity index is 779. The lowest BCUT2D eigenvalue weighted by Gasteiger charge is -2.19. The van der Waals surface area contributed by atoms with Crippen LogP contribution in [0.25, 0.3) is 0 Å². The van der Waals surface area contributed by atoms with Crippen LogP contribution in [0.1, 0.15) is 13.8 Å². The third kappa shape index (κ3) is 6.86. The average Bonchev–Trinajstić information content (AvgIpc) is 2.71. The molecule has 0 aliphatic rings. The summed E-state index contributed by atoms with van der Waals surface area (Å²) in [7, 11) is 0. The normalized spacial score (nSPS) is 10.7. The summed E-state index contributed by atoms with van der Waals surface area (Å²) in [5.74, 6) is 0.678. The second kappa shape index (κ2) is 11.3. The van der Waals surface area contributed by atoms with Gasteiger partial charge in [0.2, 0.25) is 5.91 Å². The van der Waals surface area contributed by atoms with Crippen LogP contribution in [0.5, 0.6) is 5.75 Å². The lowest BCUT2D eigenvalue weighted by atomic mass is 10.3. The number of nitrogens with one attached hydrogen (secondary N) is 1. The van der Waals surface area contributed by atoms with Crippen LogP contribution in [0.15, 0.2) is 53.4 Å². The van der Waals surface area contributed by atoms with Crippen molar-refractivity contribution in [2.45, 2.75) is 18.7 Å². The number of ether oxygens (including phenoxy) is 1. The monoisotopic (exact) mass is 403 g/mol. The number of nitro benzene ring substituents is 1. The van der Waals surface area contributed by atoms with E-state index in [1.165, 1.54) is 23.9 Å². The summed E-state index contributed by atoms with van der Waals surface area (Å²) in [4.78, 5) is 25.6. The molecule has 7 nitrogen and oxygen atoms in total. The van der Waals surface area contributed by atoms with E-state index in [0.717, 1.165) is 24.5 Å². The molecule has 0 atom stereocenters. The first-order valence-corrected chi connectivity index (χ1v) is 10.1. The maximum absolute atomic E-state index is 12.3. The third-order valence-electron chi connectivity index (χ3n) is 4.14. The summed E-state index contributed by atoms with van der Waals surface area (Å²) < 4.78 is 5.84. The quantitative estimate of drug-likeness (QED) is 0.346. The number of rotatable bonds is 11. The minimum atomic E-state index is -0.446. The highest BCUT2D eigenvalue weighted by Crippen LogP contribution is 2.25. The number of non-ortho nitro benzene ring substituents is 1. The van der Waals surface area contributed by atoms with Crippen LogP contribution in [-0.4, -0.2) is 47.7 Å². The zero-order chi connectivity index (χ0) is 20.4. The van der Waals surface area contributed by atoms with Crippen molar-refractivity contribution in [1.29, 1.82) is 0 Å². The van der Waals surface area contributed by atoms with E-state index >= 15 is 0 Å². The molecule has 0 bridgehead atoms. The SMILES string of the molecule is CCN(CC)CCOc1ccccc1NC(=O)CSc1ccc([N+](=O)[O-])cc1. The minimum absolute atomic E-state index is 0.0320. The Balaban J connectivity index is 1.86. The van der Waals surface area contributed by atoms with Gasteiger partial charge in [-0.25, -0.2) is 0 Å². The largest absolute Gasteiger partial charge is 0.490 e. The first-order chi connectivity index (χ1) is 13.5. The number of nitrogens with zero attached hydrogens (tertiary/aromatic N) is 2. The summed E-state index contributed by atoms with van der Waals surface area (Å²) in [5, 5.41) is 13.6. The lowest BCUT2D eigenvalue weighted by molar-refractivity contribution is -0.384. The number of hydrogen-bond acceptors (Lipinski definition) is 6. The number of thioether (sulfide) groups is 1. The topological polar surface area (TPSA) is 84.7 Å². The molecule has 0 saturated carbocycles. The molecule has 0 saturated heterocycles. The van der Waals surface area contributed by atoms with Crippen LogP contribution in [0.3, 0.4) is 0 Å². The fourth-order valence-corrected chi connectivity index (χ4v) is 3.22. The maximum Gasteiger partial charge on any atom is 0.269 e. The van der Waals surface area contributed by atoms with Gasteiger partial charge in [-0.2, -0.15) is 0 Å². The van der Waals surface area contributed by atoms with Gasteiger partial charge >= 0.3 is 0 Å². The minimum Gasteiger partial charge on any atom is -0.490 e. The van der Waals surface area contributed by atoms with Crippen LogP contribution in [-0.2, 0) is 4.79 Å². The average molecular weight is 404 g/mol. The molecule has 0 radical (unpaired) electrons. The zero-order valence-corrected chi connectivity index (χ0v) is 16.9. The van der Waals surface area contributed by atoms with Crippen molar-refractivity contribution in [3.8, 4) is 5.75 Å². The highest BCUT2D eigenvalue weighted by atomic mass is 32.2. The number of para-hydroxylation sites is 2. The molecule has 2 aromatic rings. The molecular formula is C20H25N3O4S. The van der Waals surface area contributed by atoms with Crippen molar-refractivity contribution in [2.24, 2.45) is 0 Å². The fraction of sp³-hybridized carbons (Fsp3) is 0.350. The third-order valence-corrected chi connectivity index (χ3v) is 5.15. The van der Waals surface area contributed by atoms with E-state index in [-0.39, 0.29) is 17.3 Å². The molecule has 0 aromatic heterocycles. The number of benzene rings is 2. The smallest absolute Gasteiger partial charge is 0.269 e. The van der Waals surface area contributed by atoms with Crippen molar-refractivity contribution in [1.82, 2.24) is 4.90 Å². The Hall–Kier alpha value is -2.58. The highest BCUT2D eigenvalue weighted by molar-refractivity contribution is 8.00. The van der Waals surface area contributed by atoms with Gasteiger partial charge in [-0.1, -0.05) is 26.0 Å². The van der Waals surface area contributed by atoms with Crippen molar-refractivity contribution < 1.29 is 14.5 Å². The number of carbonyl (C=O) groups is 1. The molecule has 1 amide bonds. The second-order valence-corrected chi connectivity index (χ2v) is 7.01. The van der Waals surface area contributed by atoms with Crippen LogP contribution in [0.4, 0.5) is 11.4 Å². The first-order valence-electron chi connectivity index (χ1n) is 9.14. The molecule has 28 heavy (non-hydrogen) atoms. The molecule has 0 aliphatic carbocycles. The van der Waals surface area contributed by atoms with E-state index in [1.807, 2.05) is 18.2 Å². The summed E-state index contributed by atoms with van der Waals surface area (Å²) in [6.07, 6.45) is 0. The maximum atomic E-state index is 12.3. The van der Waals surface area contributed by atoms with Crippen molar-refractivity contribution in [3.05, 3.63) is 58.6 Å². The highest BCUT2D eigenvalue weighted by Gasteiger charge is 2.10. The molecule has 1 N–H and O–H groups in total.